The summed E-state index contributed by atoms with van der Waals surface area (Å²) in [5.74, 6) is 0.346. The van der Waals surface area contributed by atoms with E-state index in [1.165, 1.54) is 9.21 Å². The zero-order valence-corrected chi connectivity index (χ0v) is 19.1. The smallest absolute Gasteiger partial charge is 0.246 e. The predicted octanol–water partition coefficient (Wildman–Crippen LogP) is 3.45. The van der Waals surface area contributed by atoms with Crippen LogP contribution < -0.4 is 0 Å². The van der Waals surface area contributed by atoms with Crippen LogP contribution in [0.25, 0.3) is 11.4 Å². The number of carbonyl (C=O) groups excluding carboxylic acids is 1. The average molecular weight is 475 g/mol. The van der Waals surface area contributed by atoms with E-state index in [4.69, 9.17) is 16.1 Å². The molecule has 3 aromatic rings. The van der Waals surface area contributed by atoms with Gasteiger partial charge in [-0.05, 0) is 37.1 Å². The third-order valence-corrected chi connectivity index (χ3v) is 7.76. The van der Waals surface area contributed by atoms with Crippen molar-refractivity contribution in [1.29, 1.82) is 0 Å². The van der Waals surface area contributed by atoms with E-state index in [1.807, 2.05) is 12.1 Å². The summed E-state index contributed by atoms with van der Waals surface area (Å²) >= 11 is 6.18. The van der Waals surface area contributed by atoms with Gasteiger partial charge in [-0.1, -0.05) is 47.1 Å². The molecule has 1 saturated heterocycles. The van der Waals surface area contributed by atoms with Crippen LogP contribution in [0.4, 0.5) is 0 Å². The first kappa shape index (κ1) is 22.4. The number of nitrogens with zero attached hydrogens (tertiary/aromatic N) is 4. The highest BCUT2D eigenvalue weighted by Crippen LogP contribution is 2.27. The second-order valence-electron chi connectivity index (χ2n) is 7.68. The lowest BCUT2D eigenvalue weighted by molar-refractivity contribution is -0.136. The van der Waals surface area contributed by atoms with Crippen molar-refractivity contribution in [2.45, 2.75) is 24.3 Å². The number of aromatic nitrogens is 2. The van der Waals surface area contributed by atoms with E-state index in [2.05, 4.69) is 10.1 Å². The van der Waals surface area contributed by atoms with E-state index in [1.54, 1.807) is 49.5 Å². The van der Waals surface area contributed by atoms with Gasteiger partial charge < -0.3 is 9.42 Å². The number of piperidine rings is 1. The quantitative estimate of drug-likeness (QED) is 0.542. The van der Waals surface area contributed by atoms with Crippen molar-refractivity contribution < 1.29 is 17.7 Å². The summed E-state index contributed by atoms with van der Waals surface area (Å²) in [6.45, 7) is 0.774. The van der Waals surface area contributed by atoms with Crippen molar-refractivity contribution in [1.82, 2.24) is 19.3 Å². The van der Waals surface area contributed by atoms with E-state index in [-0.39, 0.29) is 23.3 Å². The molecule has 1 fully saturated rings. The Morgan fingerprint density at radius 1 is 1.12 bits per heavy atom. The number of sulfonamides is 1. The maximum atomic E-state index is 12.9. The van der Waals surface area contributed by atoms with Gasteiger partial charge in [-0.2, -0.15) is 9.29 Å². The minimum Gasteiger partial charge on any atom is -0.337 e. The van der Waals surface area contributed by atoms with Gasteiger partial charge in [0, 0.05) is 31.6 Å². The molecule has 168 valence electrons. The molecule has 32 heavy (non-hydrogen) atoms. The molecule has 1 aromatic heterocycles. The van der Waals surface area contributed by atoms with E-state index < -0.39 is 10.0 Å². The zero-order chi connectivity index (χ0) is 22.7. The molecule has 0 bridgehead atoms. The molecular weight excluding hydrogens is 452 g/mol. The van der Waals surface area contributed by atoms with Crippen molar-refractivity contribution in [3.8, 4) is 11.4 Å². The molecule has 2 heterocycles. The third kappa shape index (κ3) is 4.69. The molecule has 0 unspecified atom stereocenters. The maximum absolute atomic E-state index is 12.9. The third-order valence-electron chi connectivity index (χ3n) is 5.52. The summed E-state index contributed by atoms with van der Waals surface area (Å²) in [4.78, 5) is 19.1. The fraction of sp³-hybridized carbons (Fsp3) is 0.318. The van der Waals surface area contributed by atoms with Crippen LogP contribution in [0.3, 0.4) is 0 Å². The largest absolute Gasteiger partial charge is 0.337 e. The SMILES string of the molecule is CN(Cc1nc(-c2ccccc2Cl)no1)C(=O)C1CCN(S(=O)(=O)c2ccccc2)CC1. The average Bonchev–Trinajstić information content (AvgIpc) is 3.27. The van der Waals surface area contributed by atoms with Crippen LogP contribution in [-0.4, -0.2) is 53.8 Å². The van der Waals surface area contributed by atoms with Crippen LogP contribution in [0.1, 0.15) is 18.7 Å². The monoisotopic (exact) mass is 474 g/mol. The molecule has 1 aliphatic heterocycles. The van der Waals surface area contributed by atoms with Crippen LogP contribution in [0.15, 0.2) is 64.0 Å². The van der Waals surface area contributed by atoms with Gasteiger partial charge in [-0.3, -0.25) is 4.79 Å². The van der Waals surface area contributed by atoms with Crippen LogP contribution in [0.5, 0.6) is 0 Å². The van der Waals surface area contributed by atoms with E-state index >= 15 is 0 Å². The summed E-state index contributed by atoms with van der Waals surface area (Å²) in [6.07, 6.45) is 0.924. The van der Waals surface area contributed by atoms with Gasteiger partial charge in [-0.15, -0.1) is 0 Å². The highest BCUT2D eigenvalue weighted by atomic mass is 35.5. The van der Waals surface area contributed by atoms with Crippen molar-refractivity contribution in [2.24, 2.45) is 5.92 Å². The second-order valence-corrected chi connectivity index (χ2v) is 10.0. The lowest BCUT2D eigenvalue weighted by Crippen LogP contribution is -2.43. The first-order valence-corrected chi connectivity index (χ1v) is 12.1. The van der Waals surface area contributed by atoms with E-state index in [0.717, 1.165) is 0 Å². The molecule has 0 aliphatic carbocycles. The second kappa shape index (κ2) is 9.40. The van der Waals surface area contributed by atoms with Crippen molar-refractivity contribution >= 4 is 27.5 Å². The highest BCUT2D eigenvalue weighted by molar-refractivity contribution is 7.89. The summed E-state index contributed by atoms with van der Waals surface area (Å²) < 4.78 is 32.3. The number of halogens is 1. The molecule has 1 aliphatic rings. The number of hydrogen-bond acceptors (Lipinski definition) is 6. The van der Waals surface area contributed by atoms with E-state index in [0.29, 0.717) is 48.2 Å². The summed E-state index contributed by atoms with van der Waals surface area (Å²) in [5, 5.41) is 4.47. The summed E-state index contributed by atoms with van der Waals surface area (Å²) in [5.41, 5.74) is 0.658. The maximum Gasteiger partial charge on any atom is 0.246 e. The molecule has 0 saturated carbocycles. The Bertz CT molecular complexity index is 1190. The first-order chi connectivity index (χ1) is 15.4. The first-order valence-electron chi connectivity index (χ1n) is 10.2. The zero-order valence-electron chi connectivity index (χ0n) is 17.5. The van der Waals surface area contributed by atoms with Crippen LogP contribution >= 0.6 is 11.6 Å². The van der Waals surface area contributed by atoms with E-state index in [9.17, 15) is 13.2 Å². The normalized spacial score (nSPS) is 15.6. The molecule has 1 amide bonds. The predicted molar refractivity (Wildman–Crippen MR) is 119 cm³/mol. The molecule has 2 aromatic carbocycles. The Kier molecular flexibility index (Phi) is 6.59. The molecule has 4 rings (SSSR count). The number of amides is 1. The Morgan fingerprint density at radius 3 is 2.47 bits per heavy atom. The van der Waals surface area contributed by atoms with Crippen molar-refractivity contribution in [2.75, 3.05) is 20.1 Å². The molecule has 8 nitrogen and oxygen atoms in total. The summed E-state index contributed by atoms with van der Waals surface area (Å²) in [6, 6.07) is 15.5. The van der Waals surface area contributed by atoms with Gasteiger partial charge in [0.05, 0.1) is 16.5 Å². The molecule has 0 atom stereocenters. The lowest BCUT2D eigenvalue weighted by Gasteiger charge is -2.32. The van der Waals surface area contributed by atoms with Gasteiger partial charge in [0.2, 0.25) is 27.6 Å². The van der Waals surface area contributed by atoms with Crippen LogP contribution in [0.2, 0.25) is 5.02 Å². The minimum atomic E-state index is -3.54. The Balaban J connectivity index is 1.35. The van der Waals surface area contributed by atoms with Crippen molar-refractivity contribution in [3.05, 3.63) is 65.5 Å². The van der Waals surface area contributed by atoms with Crippen LogP contribution in [-0.2, 0) is 21.4 Å². The Labute approximate surface area is 191 Å². The van der Waals surface area contributed by atoms with Gasteiger partial charge in [0.1, 0.15) is 0 Å². The number of hydrogen-bond donors (Lipinski definition) is 0. The lowest BCUT2D eigenvalue weighted by atomic mass is 9.97. The molecule has 0 N–H and O–H groups in total. The Morgan fingerprint density at radius 2 is 1.78 bits per heavy atom. The molecular formula is C22H23ClN4O4S. The van der Waals surface area contributed by atoms with Gasteiger partial charge in [0.25, 0.3) is 0 Å². The molecule has 10 heteroatoms. The Hall–Kier alpha value is -2.75. The highest BCUT2D eigenvalue weighted by Gasteiger charge is 2.33. The topological polar surface area (TPSA) is 96.6 Å². The number of carbonyl (C=O) groups is 1. The number of rotatable bonds is 6. The van der Waals surface area contributed by atoms with Gasteiger partial charge >= 0.3 is 0 Å². The van der Waals surface area contributed by atoms with Gasteiger partial charge in [-0.25, -0.2) is 8.42 Å². The fourth-order valence-corrected chi connectivity index (χ4v) is 5.46. The molecule has 0 spiro atoms. The van der Waals surface area contributed by atoms with Crippen molar-refractivity contribution in [3.63, 3.8) is 0 Å². The fourth-order valence-electron chi connectivity index (χ4n) is 3.75. The summed E-state index contributed by atoms with van der Waals surface area (Å²) in [7, 11) is -1.87. The minimum absolute atomic E-state index is 0.0701. The molecule has 0 radical (unpaired) electrons. The standard InChI is InChI=1S/C22H23ClN4O4S/c1-26(15-20-24-21(25-31-20)18-9-5-6-10-19(18)23)22(28)16-11-13-27(14-12-16)32(29,30)17-7-3-2-4-8-17/h2-10,16H,11-15H2,1H3. The van der Waals surface area contributed by atoms with Gasteiger partial charge in [0.15, 0.2) is 0 Å². The van der Waals surface area contributed by atoms with Crippen LogP contribution in [0, 0.1) is 5.92 Å². The number of benzene rings is 2.